The van der Waals surface area contributed by atoms with Gasteiger partial charge in [0.25, 0.3) is 0 Å². The van der Waals surface area contributed by atoms with Gasteiger partial charge in [0.2, 0.25) is 0 Å². The van der Waals surface area contributed by atoms with E-state index < -0.39 is 0 Å². The van der Waals surface area contributed by atoms with E-state index in [-0.39, 0.29) is 6.03 Å². The Labute approximate surface area is 134 Å². The average molecular weight is 312 g/mol. The van der Waals surface area contributed by atoms with Crippen LogP contribution in [0.25, 0.3) is 5.69 Å². The molecule has 4 heterocycles. The lowest BCUT2D eigenvalue weighted by Gasteiger charge is -2.54. The lowest BCUT2D eigenvalue weighted by molar-refractivity contribution is -0.00603. The van der Waals surface area contributed by atoms with Crippen molar-refractivity contribution in [3.8, 4) is 5.69 Å². The number of aromatic nitrogens is 4. The minimum Gasteiger partial charge on any atom is -0.318 e. The van der Waals surface area contributed by atoms with Crippen LogP contribution in [0, 0.1) is 12.8 Å². The van der Waals surface area contributed by atoms with Crippen LogP contribution < -0.4 is 5.32 Å². The van der Waals surface area contributed by atoms with Gasteiger partial charge < -0.3 is 4.90 Å². The molecule has 2 saturated heterocycles. The van der Waals surface area contributed by atoms with Crippen molar-refractivity contribution < 1.29 is 4.79 Å². The lowest BCUT2D eigenvalue weighted by atomic mass is 9.74. The number of urea groups is 1. The van der Waals surface area contributed by atoms with Crippen molar-refractivity contribution >= 4 is 11.8 Å². The topological polar surface area (TPSA) is 75.9 Å². The number of aryl methyl sites for hydroxylation is 1. The van der Waals surface area contributed by atoms with E-state index in [1.807, 2.05) is 17.9 Å². The van der Waals surface area contributed by atoms with Gasteiger partial charge in [0.05, 0.1) is 18.1 Å². The van der Waals surface area contributed by atoms with Crippen molar-refractivity contribution in [1.29, 1.82) is 0 Å². The number of pyridine rings is 1. The van der Waals surface area contributed by atoms with Gasteiger partial charge >= 0.3 is 6.03 Å². The largest absolute Gasteiger partial charge is 0.323 e. The molecule has 2 aliphatic heterocycles. The fourth-order valence-electron chi connectivity index (χ4n) is 3.79. The molecule has 2 atom stereocenters. The van der Waals surface area contributed by atoms with E-state index in [9.17, 15) is 4.79 Å². The van der Waals surface area contributed by atoms with Crippen LogP contribution in [0.15, 0.2) is 24.7 Å². The first-order valence-corrected chi connectivity index (χ1v) is 8.04. The first-order chi connectivity index (χ1) is 11.1. The van der Waals surface area contributed by atoms with Gasteiger partial charge in [-0.2, -0.15) is 15.0 Å². The Kier molecular flexibility index (Phi) is 3.28. The number of piperidine rings is 1. The molecule has 0 aromatic carbocycles. The molecule has 0 saturated carbocycles. The van der Waals surface area contributed by atoms with Crippen molar-refractivity contribution in [2.24, 2.45) is 5.92 Å². The van der Waals surface area contributed by atoms with Gasteiger partial charge in [0.15, 0.2) is 0 Å². The maximum absolute atomic E-state index is 12.5. The molecule has 0 aliphatic carbocycles. The summed E-state index contributed by atoms with van der Waals surface area (Å²) in [5, 5.41) is 11.2. The van der Waals surface area contributed by atoms with E-state index in [1.54, 1.807) is 18.6 Å². The molecule has 0 spiro atoms. The third-order valence-corrected chi connectivity index (χ3v) is 4.86. The number of hydrogen-bond acceptors (Lipinski definition) is 4. The molecule has 2 unspecified atom stereocenters. The summed E-state index contributed by atoms with van der Waals surface area (Å²) >= 11 is 0. The van der Waals surface area contributed by atoms with Crippen molar-refractivity contribution in [3.63, 3.8) is 0 Å². The van der Waals surface area contributed by atoms with Crippen LogP contribution in [-0.2, 0) is 0 Å². The SMILES string of the molecule is Cc1cnc(NC(=O)N2C3CC(C)CC2C3)cc1-n1nccn1. The van der Waals surface area contributed by atoms with Gasteiger partial charge in [-0.25, -0.2) is 9.78 Å². The van der Waals surface area contributed by atoms with Crippen LogP contribution in [0.4, 0.5) is 10.6 Å². The average Bonchev–Trinajstić information content (AvgIpc) is 3.02. The van der Waals surface area contributed by atoms with Crippen LogP contribution in [0.3, 0.4) is 0 Å². The van der Waals surface area contributed by atoms with Crippen LogP contribution in [0.5, 0.6) is 0 Å². The van der Waals surface area contributed by atoms with Gasteiger partial charge in [-0.3, -0.25) is 5.32 Å². The van der Waals surface area contributed by atoms with Crippen molar-refractivity contribution in [2.75, 3.05) is 5.32 Å². The van der Waals surface area contributed by atoms with Gasteiger partial charge in [-0.15, -0.1) is 0 Å². The second-order valence-corrected chi connectivity index (χ2v) is 6.63. The monoisotopic (exact) mass is 312 g/mol. The molecule has 7 heteroatoms. The zero-order valence-corrected chi connectivity index (χ0v) is 13.3. The van der Waals surface area contributed by atoms with Gasteiger partial charge in [0, 0.05) is 24.3 Å². The smallest absolute Gasteiger partial charge is 0.318 e. The Bertz CT molecular complexity index is 716. The zero-order chi connectivity index (χ0) is 16.0. The predicted molar refractivity (Wildman–Crippen MR) is 85.3 cm³/mol. The first kappa shape index (κ1) is 14.2. The van der Waals surface area contributed by atoms with Gasteiger partial charge in [0.1, 0.15) is 5.82 Å². The van der Waals surface area contributed by atoms with E-state index in [0.29, 0.717) is 17.9 Å². The predicted octanol–water partition coefficient (Wildman–Crippen LogP) is 2.38. The molecule has 2 aromatic heterocycles. The summed E-state index contributed by atoms with van der Waals surface area (Å²) < 4.78 is 0. The molecule has 2 fully saturated rings. The number of nitrogens with zero attached hydrogens (tertiary/aromatic N) is 5. The highest BCUT2D eigenvalue weighted by Gasteiger charge is 2.46. The first-order valence-electron chi connectivity index (χ1n) is 8.04. The van der Waals surface area contributed by atoms with Gasteiger partial charge in [-0.05, 0) is 37.7 Å². The number of hydrogen-bond donors (Lipinski definition) is 1. The van der Waals surface area contributed by atoms with Crippen molar-refractivity contribution in [1.82, 2.24) is 24.9 Å². The molecule has 120 valence electrons. The third-order valence-electron chi connectivity index (χ3n) is 4.86. The van der Waals surface area contributed by atoms with Crippen LogP contribution >= 0.6 is 0 Å². The van der Waals surface area contributed by atoms with Crippen molar-refractivity contribution in [2.45, 2.75) is 45.2 Å². The number of anilines is 1. The Morgan fingerprint density at radius 1 is 1.22 bits per heavy atom. The highest BCUT2D eigenvalue weighted by atomic mass is 16.2. The fourth-order valence-corrected chi connectivity index (χ4v) is 3.79. The maximum atomic E-state index is 12.5. The standard InChI is InChI=1S/C16H20N6O/c1-10-5-12-7-13(6-10)21(12)16(23)20-15-8-14(11(2)9-17-15)22-18-3-4-19-22/h3-4,8-10,12-13H,5-7H2,1-2H3,(H,17,20,23). The Morgan fingerprint density at radius 3 is 2.61 bits per heavy atom. The number of nitrogens with one attached hydrogen (secondary N) is 1. The highest BCUT2D eigenvalue weighted by molar-refractivity contribution is 5.89. The zero-order valence-electron chi connectivity index (χ0n) is 13.3. The van der Waals surface area contributed by atoms with Gasteiger partial charge in [-0.1, -0.05) is 6.92 Å². The molecule has 7 nitrogen and oxygen atoms in total. The number of carbonyl (C=O) groups excluding carboxylic acids is 1. The Hall–Kier alpha value is -2.44. The molecule has 2 aliphatic rings. The second-order valence-electron chi connectivity index (χ2n) is 6.63. The normalized spacial score (nSPS) is 25.8. The van der Waals surface area contributed by atoms with Crippen LogP contribution in [0.2, 0.25) is 0 Å². The molecule has 4 rings (SSSR count). The lowest BCUT2D eigenvalue weighted by Crippen LogP contribution is -2.63. The highest BCUT2D eigenvalue weighted by Crippen LogP contribution is 2.41. The summed E-state index contributed by atoms with van der Waals surface area (Å²) in [6.45, 7) is 4.21. The molecule has 1 N–H and O–H groups in total. The summed E-state index contributed by atoms with van der Waals surface area (Å²) in [6, 6.07) is 2.54. The fraction of sp³-hybridized carbons (Fsp3) is 0.500. The number of carbonyl (C=O) groups is 1. The quantitative estimate of drug-likeness (QED) is 0.923. The molecule has 2 amide bonds. The van der Waals surface area contributed by atoms with E-state index in [1.165, 1.54) is 4.80 Å². The van der Waals surface area contributed by atoms with E-state index >= 15 is 0 Å². The van der Waals surface area contributed by atoms with E-state index in [0.717, 1.165) is 36.4 Å². The molecular weight excluding hydrogens is 292 g/mol. The van der Waals surface area contributed by atoms with Crippen molar-refractivity contribution in [3.05, 3.63) is 30.2 Å². The minimum atomic E-state index is -0.0473. The molecule has 2 bridgehead atoms. The Morgan fingerprint density at radius 2 is 1.91 bits per heavy atom. The molecule has 23 heavy (non-hydrogen) atoms. The second kappa shape index (κ2) is 5.33. The van der Waals surface area contributed by atoms with Crippen LogP contribution in [0.1, 0.15) is 31.7 Å². The summed E-state index contributed by atoms with van der Waals surface area (Å²) in [4.78, 5) is 20.4. The Balaban J connectivity index is 1.51. The van der Waals surface area contributed by atoms with E-state index in [2.05, 4.69) is 27.4 Å². The minimum absolute atomic E-state index is 0.0473. The molecule has 0 radical (unpaired) electrons. The summed E-state index contributed by atoms with van der Waals surface area (Å²) in [5.74, 6) is 1.25. The number of rotatable bonds is 2. The third kappa shape index (κ3) is 2.46. The number of amides is 2. The molecule has 2 aromatic rings. The maximum Gasteiger partial charge on any atom is 0.323 e. The summed E-state index contributed by atoms with van der Waals surface area (Å²) in [6.07, 6.45) is 8.33. The van der Waals surface area contributed by atoms with E-state index in [4.69, 9.17) is 0 Å². The summed E-state index contributed by atoms with van der Waals surface area (Å²) in [7, 11) is 0. The number of fused-ring (bicyclic) bond motifs is 2. The van der Waals surface area contributed by atoms with Crippen LogP contribution in [-0.4, -0.2) is 43.0 Å². The summed E-state index contributed by atoms with van der Waals surface area (Å²) in [5.41, 5.74) is 1.77. The molecular formula is C16H20N6O.